The third kappa shape index (κ3) is 2.56. The van der Waals surface area contributed by atoms with Gasteiger partial charge in [0, 0.05) is 31.0 Å². The number of rotatable bonds is 3. The first-order valence-electron chi connectivity index (χ1n) is 6.97. The Balaban J connectivity index is 1.98. The minimum atomic E-state index is 0.145. The Morgan fingerprint density at radius 1 is 1.40 bits per heavy atom. The van der Waals surface area contributed by atoms with Crippen LogP contribution in [0.1, 0.15) is 32.4 Å². The average Bonchev–Trinajstić information content (AvgIpc) is 2.94. The summed E-state index contributed by atoms with van der Waals surface area (Å²) in [6.45, 7) is 7.84. The van der Waals surface area contributed by atoms with Crippen LogP contribution in [0.3, 0.4) is 0 Å². The van der Waals surface area contributed by atoms with Crippen LogP contribution in [0.5, 0.6) is 5.75 Å². The lowest BCUT2D eigenvalue weighted by molar-refractivity contribution is 0.186. The van der Waals surface area contributed by atoms with Crippen molar-refractivity contribution in [3.8, 4) is 5.75 Å². The van der Waals surface area contributed by atoms with Crippen LogP contribution in [0, 0.1) is 5.92 Å². The summed E-state index contributed by atoms with van der Waals surface area (Å²) in [5.41, 5.74) is 2.02. The van der Waals surface area contributed by atoms with Gasteiger partial charge in [-0.3, -0.25) is 0 Å². The molecule has 1 aliphatic heterocycles. The number of fused-ring (bicyclic) bond motifs is 1. The van der Waals surface area contributed by atoms with E-state index in [1.165, 1.54) is 0 Å². The van der Waals surface area contributed by atoms with Crippen molar-refractivity contribution in [1.29, 1.82) is 0 Å². The first kappa shape index (κ1) is 13.9. The third-order valence-electron chi connectivity index (χ3n) is 3.64. The molecule has 0 aromatic carbocycles. The maximum absolute atomic E-state index is 5.78. The Morgan fingerprint density at radius 3 is 2.85 bits per heavy atom. The van der Waals surface area contributed by atoms with E-state index in [2.05, 4.69) is 29.1 Å². The Bertz CT molecular complexity index is 624. The molecule has 0 aliphatic carbocycles. The lowest BCUT2D eigenvalue weighted by atomic mass is 9.95. The van der Waals surface area contributed by atoms with Crippen molar-refractivity contribution in [2.45, 2.75) is 32.8 Å². The summed E-state index contributed by atoms with van der Waals surface area (Å²) in [5, 5.41) is 0. The molecule has 0 saturated carbocycles. The molecule has 5 heteroatoms. The molecule has 0 bridgehead atoms. The fourth-order valence-corrected chi connectivity index (χ4v) is 3.00. The van der Waals surface area contributed by atoms with Crippen LogP contribution in [-0.4, -0.2) is 28.7 Å². The molecule has 3 heterocycles. The zero-order chi connectivity index (χ0) is 14.3. The topological polar surface area (TPSA) is 35.8 Å². The van der Waals surface area contributed by atoms with Gasteiger partial charge in [0.1, 0.15) is 11.4 Å². The molecule has 20 heavy (non-hydrogen) atoms. The normalized spacial score (nSPS) is 22.9. The fourth-order valence-electron chi connectivity index (χ4n) is 2.57. The lowest BCUT2D eigenvalue weighted by Gasteiger charge is -2.11. The predicted octanol–water partition coefficient (Wildman–Crippen LogP) is 3.63. The number of nitrogens with zero attached hydrogens (tertiary/aromatic N) is 2. The molecule has 0 N–H and O–H groups in total. The van der Waals surface area contributed by atoms with E-state index < -0.39 is 0 Å². The number of aromatic nitrogens is 2. The SMILES string of the molecule is CC(C)Oc1cc2nc(C3COCC3C)cn2cc1Br. The number of imidazole rings is 1. The molecule has 2 aromatic rings. The molecule has 4 nitrogen and oxygen atoms in total. The highest BCUT2D eigenvalue weighted by Crippen LogP contribution is 2.32. The van der Waals surface area contributed by atoms with Crippen molar-refractivity contribution in [3.05, 3.63) is 28.6 Å². The predicted molar refractivity (Wildman–Crippen MR) is 81.4 cm³/mol. The first-order chi connectivity index (χ1) is 9.54. The molecule has 1 saturated heterocycles. The van der Waals surface area contributed by atoms with E-state index in [4.69, 9.17) is 14.5 Å². The number of halogens is 1. The standard InChI is InChI=1S/C15H19BrN2O2/c1-9(2)20-14-4-15-17-13(6-18(15)5-12(14)16)11-8-19-7-10(11)3/h4-6,9-11H,7-8H2,1-3H3. The van der Waals surface area contributed by atoms with E-state index in [1.54, 1.807) is 0 Å². The Morgan fingerprint density at radius 2 is 2.20 bits per heavy atom. The molecule has 1 aliphatic rings. The molecule has 2 aromatic heterocycles. The summed E-state index contributed by atoms with van der Waals surface area (Å²) in [4.78, 5) is 4.74. The second-order valence-corrected chi connectivity index (χ2v) is 6.56. The second-order valence-electron chi connectivity index (χ2n) is 5.70. The van der Waals surface area contributed by atoms with Crippen LogP contribution >= 0.6 is 15.9 Å². The maximum Gasteiger partial charge on any atom is 0.140 e. The van der Waals surface area contributed by atoms with Crippen molar-refractivity contribution in [1.82, 2.24) is 9.38 Å². The van der Waals surface area contributed by atoms with E-state index in [1.807, 2.05) is 30.5 Å². The third-order valence-corrected chi connectivity index (χ3v) is 4.23. The van der Waals surface area contributed by atoms with Gasteiger partial charge in [0.05, 0.1) is 22.9 Å². The van der Waals surface area contributed by atoms with Gasteiger partial charge in [-0.2, -0.15) is 0 Å². The molecular weight excluding hydrogens is 320 g/mol. The number of ether oxygens (including phenoxy) is 2. The molecule has 0 amide bonds. The number of hydrogen-bond acceptors (Lipinski definition) is 3. The first-order valence-corrected chi connectivity index (χ1v) is 7.76. The second kappa shape index (κ2) is 5.37. The number of hydrogen-bond donors (Lipinski definition) is 0. The zero-order valence-electron chi connectivity index (χ0n) is 12.0. The maximum atomic E-state index is 5.78. The Labute approximate surface area is 127 Å². The Hall–Kier alpha value is -1.07. The van der Waals surface area contributed by atoms with Crippen molar-refractivity contribution >= 4 is 21.6 Å². The van der Waals surface area contributed by atoms with Crippen LogP contribution in [-0.2, 0) is 4.74 Å². The van der Waals surface area contributed by atoms with Gasteiger partial charge in [-0.15, -0.1) is 0 Å². The smallest absolute Gasteiger partial charge is 0.140 e. The quantitative estimate of drug-likeness (QED) is 0.857. The molecule has 1 fully saturated rings. The molecule has 0 spiro atoms. The van der Waals surface area contributed by atoms with E-state index >= 15 is 0 Å². The van der Waals surface area contributed by atoms with E-state index in [-0.39, 0.29) is 6.10 Å². The van der Waals surface area contributed by atoms with Crippen molar-refractivity contribution in [3.63, 3.8) is 0 Å². The van der Waals surface area contributed by atoms with Gasteiger partial charge in [0.25, 0.3) is 0 Å². The highest BCUT2D eigenvalue weighted by molar-refractivity contribution is 9.10. The summed E-state index contributed by atoms with van der Waals surface area (Å²) >= 11 is 3.55. The van der Waals surface area contributed by atoms with Gasteiger partial charge in [-0.25, -0.2) is 4.98 Å². The van der Waals surface area contributed by atoms with Gasteiger partial charge in [-0.05, 0) is 35.7 Å². The summed E-state index contributed by atoms with van der Waals surface area (Å²) in [6, 6.07) is 1.98. The average molecular weight is 339 g/mol. The molecule has 0 radical (unpaired) electrons. The molecule has 2 atom stereocenters. The summed E-state index contributed by atoms with van der Waals surface area (Å²) in [5.74, 6) is 1.75. The van der Waals surface area contributed by atoms with Crippen LogP contribution in [0.2, 0.25) is 0 Å². The van der Waals surface area contributed by atoms with E-state index in [0.29, 0.717) is 11.8 Å². The van der Waals surface area contributed by atoms with Crippen LogP contribution in [0.15, 0.2) is 22.9 Å². The van der Waals surface area contributed by atoms with Gasteiger partial charge in [0.2, 0.25) is 0 Å². The number of pyridine rings is 1. The molecule has 2 unspecified atom stereocenters. The monoisotopic (exact) mass is 338 g/mol. The zero-order valence-corrected chi connectivity index (χ0v) is 13.6. The van der Waals surface area contributed by atoms with Crippen LogP contribution in [0.25, 0.3) is 5.65 Å². The summed E-state index contributed by atoms with van der Waals surface area (Å²) < 4.78 is 14.3. The minimum absolute atomic E-state index is 0.145. The largest absolute Gasteiger partial charge is 0.490 e. The highest BCUT2D eigenvalue weighted by atomic mass is 79.9. The van der Waals surface area contributed by atoms with Gasteiger partial charge < -0.3 is 13.9 Å². The van der Waals surface area contributed by atoms with E-state index in [9.17, 15) is 0 Å². The van der Waals surface area contributed by atoms with Crippen LogP contribution < -0.4 is 4.74 Å². The summed E-state index contributed by atoms with van der Waals surface area (Å²) in [7, 11) is 0. The minimum Gasteiger partial charge on any atom is -0.490 e. The van der Waals surface area contributed by atoms with Gasteiger partial charge >= 0.3 is 0 Å². The molecular formula is C15H19BrN2O2. The van der Waals surface area contributed by atoms with Crippen molar-refractivity contribution in [2.75, 3.05) is 13.2 Å². The molecule has 108 valence electrons. The van der Waals surface area contributed by atoms with E-state index in [0.717, 1.165) is 34.8 Å². The van der Waals surface area contributed by atoms with Crippen molar-refractivity contribution < 1.29 is 9.47 Å². The van der Waals surface area contributed by atoms with Crippen LogP contribution in [0.4, 0.5) is 0 Å². The van der Waals surface area contributed by atoms with Crippen molar-refractivity contribution in [2.24, 2.45) is 5.92 Å². The lowest BCUT2D eigenvalue weighted by Crippen LogP contribution is -2.06. The van der Waals surface area contributed by atoms with Gasteiger partial charge in [-0.1, -0.05) is 6.92 Å². The fraction of sp³-hybridized carbons (Fsp3) is 0.533. The Kier molecular flexibility index (Phi) is 3.73. The van der Waals surface area contributed by atoms with Gasteiger partial charge in [0.15, 0.2) is 0 Å². The summed E-state index contributed by atoms with van der Waals surface area (Å²) in [6.07, 6.45) is 4.24. The highest BCUT2D eigenvalue weighted by Gasteiger charge is 2.28. The molecule has 3 rings (SSSR count).